The van der Waals surface area contributed by atoms with Gasteiger partial charge in [-0.15, -0.1) is 0 Å². The first-order chi connectivity index (χ1) is 6.20. The van der Waals surface area contributed by atoms with E-state index < -0.39 is 9.84 Å². The first kappa shape index (κ1) is 15.6. The molecule has 1 aliphatic heterocycles. The first-order valence-electron chi connectivity index (χ1n) is 4.75. The molecule has 4 nitrogen and oxygen atoms in total. The van der Waals surface area contributed by atoms with Crippen LogP contribution in [0.5, 0.6) is 0 Å². The predicted octanol–water partition coefficient (Wildman–Crippen LogP) is -3.10. The van der Waals surface area contributed by atoms with Crippen molar-refractivity contribution in [2.75, 3.05) is 34.0 Å². The Morgan fingerprint density at radius 3 is 2.07 bits per heavy atom. The van der Waals surface area contributed by atoms with E-state index in [2.05, 4.69) is 0 Å². The van der Waals surface area contributed by atoms with Crippen LogP contribution in [0.2, 0.25) is 0 Å². The van der Waals surface area contributed by atoms with Crippen molar-refractivity contribution in [1.82, 2.24) is 0 Å². The van der Waals surface area contributed by atoms with E-state index in [4.69, 9.17) is 4.74 Å². The van der Waals surface area contributed by atoms with E-state index in [0.717, 1.165) is 0 Å². The van der Waals surface area contributed by atoms with Gasteiger partial charge in [0.05, 0.1) is 27.2 Å². The molecule has 6 heteroatoms. The molecule has 1 rings (SSSR count). The first-order valence-corrected chi connectivity index (χ1v) is 6.47. The topological polar surface area (TPSA) is 43.4 Å². The van der Waals surface area contributed by atoms with Crippen LogP contribution >= 0.6 is 0 Å². The van der Waals surface area contributed by atoms with Crippen LogP contribution in [0.1, 0.15) is 6.92 Å². The number of rotatable bonds is 3. The van der Waals surface area contributed by atoms with Crippen molar-refractivity contribution >= 4 is 9.84 Å². The highest BCUT2D eigenvalue weighted by atomic mass is 127. The van der Waals surface area contributed by atoms with Gasteiger partial charge >= 0.3 is 0 Å². The van der Waals surface area contributed by atoms with Crippen LogP contribution in [0.15, 0.2) is 0 Å². The Balaban J connectivity index is 0.00000196. The summed E-state index contributed by atoms with van der Waals surface area (Å²) >= 11 is 0. The second-order valence-electron chi connectivity index (χ2n) is 4.92. The Labute approximate surface area is 110 Å². The number of hydrogen-bond acceptors (Lipinski definition) is 3. The summed E-state index contributed by atoms with van der Waals surface area (Å²) in [4.78, 5) is 0. The molecule has 1 heterocycles. The number of hydrogen-bond donors (Lipinski definition) is 0. The van der Waals surface area contributed by atoms with Crippen molar-refractivity contribution in [3.8, 4) is 0 Å². The molecule has 3 atom stereocenters. The summed E-state index contributed by atoms with van der Waals surface area (Å²) in [5.74, 6) is 0.287. The van der Waals surface area contributed by atoms with Crippen molar-refractivity contribution in [3.05, 3.63) is 0 Å². The van der Waals surface area contributed by atoms with Gasteiger partial charge in [0, 0.05) is 7.11 Å². The fourth-order valence-electron chi connectivity index (χ4n) is 1.96. The molecule has 0 saturated carbocycles. The number of ether oxygens (including phenoxy) is 1. The maximum atomic E-state index is 11.6. The number of halogens is 1. The molecule has 0 aromatic heterocycles. The quantitative estimate of drug-likeness (QED) is 0.401. The Bertz CT molecular complexity index is 310. The van der Waals surface area contributed by atoms with Crippen molar-refractivity contribution in [2.45, 2.75) is 24.3 Å². The van der Waals surface area contributed by atoms with E-state index in [1.807, 2.05) is 28.1 Å². The highest BCUT2D eigenvalue weighted by Crippen LogP contribution is 2.31. The number of nitrogens with zero attached hydrogens (tertiary/aromatic N) is 1. The Hall–Kier alpha value is 0.600. The summed E-state index contributed by atoms with van der Waals surface area (Å²) in [5, 5.41) is -0.340. The number of methoxy groups -OCH3 is 1. The maximum absolute atomic E-state index is 11.6. The fourth-order valence-corrected chi connectivity index (χ4v) is 4.59. The van der Waals surface area contributed by atoms with Crippen LogP contribution in [-0.4, -0.2) is 64.3 Å². The third-order valence-electron chi connectivity index (χ3n) is 3.03. The van der Waals surface area contributed by atoms with Gasteiger partial charge in [-0.2, -0.15) is 0 Å². The lowest BCUT2D eigenvalue weighted by molar-refractivity contribution is -0.895. The lowest BCUT2D eigenvalue weighted by atomic mass is 10.1. The molecule has 0 amide bonds. The minimum absolute atomic E-state index is 0. The standard InChI is InChI=1S/C9H20NO3S.HI/c1-7(13-5)9-8(10(2,3)4)6-14(9,11)12;/h7-9H,6H2,1-5H3;1H/q+1;/p-1. The zero-order valence-corrected chi connectivity index (χ0v) is 12.9. The molecule has 3 unspecified atom stereocenters. The molecule has 0 N–H and O–H groups in total. The van der Waals surface area contributed by atoms with Crippen LogP contribution in [-0.2, 0) is 14.6 Å². The van der Waals surface area contributed by atoms with Crippen LogP contribution in [0.4, 0.5) is 0 Å². The number of quaternary nitrogens is 1. The second-order valence-corrected chi connectivity index (χ2v) is 7.12. The van der Waals surface area contributed by atoms with E-state index in [0.29, 0.717) is 4.48 Å². The van der Waals surface area contributed by atoms with Crippen molar-refractivity contribution < 1.29 is 41.6 Å². The van der Waals surface area contributed by atoms with E-state index in [9.17, 15) is 8.42 Å². The van der Waals surface area contributed by atoms with Gasteiger partial charge in [0.25, 0.3) is 0 Å². The van der Waals surface area contributed by atoms with E-state index in [1.165, 1.54) is 0 Å². The minimum Gasteiger partial charge on any atom is -1.00 e. The molecule has 1 fully saturated rings. The summed E-state index contributed by atoms with van der Waals surface area (Å²) in [5.41, 5.74) is 0. The molecule has 1 saturated heterocycles. The summed E-state index contributed by atoms with van der Waals surface area (Å²) in [6, 6.07) is 0.162. The van der Waals surface area contributed by atoms with Gasteiger partial charge in [0.15, 0.2) is 9.84 Å². The lowest BCUT2D eigenvalue weighted by Gasteiger charge is -2.46. The Morgan fingerprint density at radius 1 is 1.33 bits per heavy atom. The summed E-state index contributed by atoms with van der Waals surface area (Å²) in [6.07, 6.45) is -0.212. The Morgan fingerprint density at radius 2 is 1.80 bits per heavy atom. The van der Waals surface area contributed by atoms with E-state index in [1.54, 1.807) is 7.11 Å². The van der Waals surface area contributed by atoms with Crippen LogP contribution in [0, 0.1) is 0 Å². The number of sulfone groups is 1. The third kappa shape index (κ3) is 3.04. The minimum atomic E-state index is -2.91. The summed E-state index contributed by atoms with van der Waals surface area (Å²) in [6.45, 7) is 1.82. The van der Waals surface area contributed by atoms with E-state index in [-0.39, 0.29) is 47.1 Å². The SMILES string of the molecule is COC(C)C1C([N+](C)(C)C)CS1(=O)=O.[I-]. The van der Waals surface area contributed by atoms with Crippen molar-refractivity contribution in [2.24, 2.45) is 0 Å². The lowest BCUT2D eigenvalue weighted by Crippen LogP contribution is -3.00. The molecule has 0 aromatic carbocycles. The normalized spacial score (nSPS) is 31.3. The summed E-state index contributed by atoms with van der Waals surface area (Å²) in [7, 11) is 4.72. The van der Waals surface area contributed by atoms with Gasteiger partial charge in [0.1, 0.15) is 17.0 Å². The van der Waals surface area contributed by atoms with Gasteiger partial charge in [-0.3, -0.25) is 0 Å². The average Bonchev–Trinajstić information content (AvgIpc) is 1.98. The maximum Gasteiger partial charge on any atom is 0.167 e. The predicted molar refractivity (Wildman–Crippen MR) is 55.9 cm³/mol. The van der Waals surface area contributed by atoms with Crippen LogP contribution in [0.3, 0.4) is 0 Å². The molecule has 0 radical (unpaired) electrons. The highest BCUT2D eigenvalue weighted by Gasteiger charge is 2.55. The van der Waals surface area contributed by atoms with Crippen LogP contribution in [0.25, 0.3) is 0 Å². The van der Waals surface area contributed by atoms with Crippen molar-refractivity contribution in [1.29, 1.82) is 0 Å². The van der Waals surface area contributed by atoms with Gasteiger partial charge < -0.3 is 33.2 Å². The monoisotopic (exact) mass is 349 g/mol. The average molecular weight is 349 g/mol. The summed E-state index contributed by atoms with van der Waals surface area (Å²) < 4.78 is 29.0. The smallest absolute Gasteiger partial charge is 0.167 e. The zero-order chi connectivity index (χ0) is 11.1. The van der Waals surface area contributed by atoms with Gasteiger partial charge in [-0.1, -0.05) is 0 Å². The molecule has 0 aliphatic carbocycles. The highest BCUT2D eigenvalue weighted by molar-refractivity contribution is 7.93. The van der Waals surface area contributed by atoms with Gasteiger partial charge in [-0.05, 0) is 6.92 Å². The van der Waals surface area contributed by atoms with Crippen LogP contribution < -0.4 is 24.0 Å². The molecule has 15 heavy (non-hydrogen) atoms. The molecular formula is C9H20INO3S. The molecular weight excluding hydrogens is 329 g/mol. The molecule has 1 aliphatic rings. The van der Waals surface area contributed by atoms with Gasteiger partial charge in [-0.25, -0.2) is 8.42 Å². The largest absolute Gasteiger partial charge is 1.00 e. The Kier molecular flexibility index (Phi) is 5.04. The molecule has 0 bridgehead atoms. The third-order valence-corrected chi connectivity index (χ3v) is 5.36. The second kappa shape index (κ2) is 4.85. The fraction of sp³-hybridized carbons (Fsp3) is 1.00. The van der Waals surface area contributed by atoms with Gasteiger partial charge in [0.2, 0.25) is 0 Å². The van der Waals surface area contributed by atoms with Crippen molar-refractivity contribution in [3.63, 3.8) is 0 Å². The van der Waals surface area contributed by atoms with E-state index >= 15 is 0 Å². The molecule has 92 valence electrons. The molecule has 0 aromatic rings. The molecule has 0 spiro atoms. The zero-order valence-electron chi connectivity index (χ0n) is 9.90.